The van der Waals surface area contributed by atoms with Gasteiger partial charge in [-0.3, -0.25) is 19.5 Å². The number of carbonyl (C=O) groups excluding carboxylic acids is 3. The van der Waals surface area contributed by atoms with Crippen molar-refractivity contribution in [3.63, 3.8) is 0 Å². The van der Waals surface area contributed by atoms with Crippen LogP contribution in [-0.2, 0) is 14.3 Å². The van der Waals surface area contributed by atoms with Crippen LogP contribution >= 0.6 is 0 Å². The van der Waals surface area contributed by atoms with E-state index in [1.54, 1.807) is 75.6 Å². The first-order valence-corrected chi connectivity index (χ1v) is 11.4. The fraction of sp³-hybridized carbons (Fsp3) is 0.214. The number of aliphatic hydroxyl groups excluding tert-OH is 1. The molecule has 0 radical (unpaired) electrons. The Labute approximate surface area is 208 Å². The lowest BCUT2D eigenvalue weighted by Gasteiger charge is -2.25. The molecule has 1 aromatic heterocycles. The summed E-state index contributed by atoms with van der Waals surface area (Å²) in [5, 5.41) is 11.3. The van der Waals surface area contributed by atoms with Gasteiger partial charge in [-0.25, -0.2) is 4.79 Å². The van der Waals surface area contributed by atoms with Crippen molar-refractivity contribution in [2.75, 3.05) is 12.0 Å². The number of nitrogens with zero attached hydrogens (tertiary/aromatic N) is 2. The number of aromatic nitrogens is 1. The summed E-state index contributed by atoms with van der Waals surface area (Å²) >= 11 is 0. The molecule has 184 valence electrons. The zero-order chi connectivity index (χ0) is 26.0. The van der Waals surface area contributed by atoms with Crippen molar-refractivity contribution < 1.29 is 29.0 Å². The van der Waals surface area contributed by atoms with Gasteiger partial charge < -0.3 is 14.6 Å². The molecule has 1 amide bonds. The van der Waals surface area contributed by atoms with Gasteiger partial charge in [-0.05, 0) is 86.5 Å². The van der Waals surface area contributed by atoms with E-state index >= 15 is 0 Å². The highest BCUT2D eigenvalue weighted by molar-refractivity contribution is 6.51. The smallest absolute Gasteiger partial charge is 0.338 e. The third-order valence-electron chi connectivity index (χ3n) is 5.88. The lowest BCUT2D eigenvalue weighted by atomic mass is 9.94. The van der Waals surface area contributed by atoms with E-state index in [1.807, 2.05) is 0 Å². The van der Waals surface area contributed by atoms with Crippen LogP contribution in [0.15, 0.2) is 72.6 Å². The number of methoxy groups -OCH3 is 1. The molecule has 0 aliphatic carbocycles. The Morgan fingerprint density at radius 3 is 2.28 bits per heavy atom. The van der Waals surface area contributed by atoms with Crippen LogP contribution in [0.2, 0.25) is 0 Å². The highest BCUT2D eigenvalue weighted by atomic mass is 16.5. The van der Waals surface area contributed by atoms with Crippen molar-refractivity contribution in [1.29, 1.82) is 0 Å². The number of hydrogen-bond donors (Lipinski definition) is 1. The van der Waals surface area contributed by atoms with Crippen LogP contribution in [0.3, 0.4) is 0 Å². The van der Waals surface area contributed by atoms with Crippen LogP contribution in [0.1, 0.15) is 46.9 Å². The minimum Gasteiger partial charge on any atom is -0.507 e. The number of anilines is 1. The Balaban J connectivity index is 1.84. The third-order valence-corrected chi connectivity index (χ3v) is 5.88. The van der Waals surface area contributed by atoms with Crippen LogP contribution in [0.5, 0.6) is 5.75 Å². The number of ether oxygens (including phenoxy) is 2. The highest BCUT2D eigenvalue weighted by Gasteiger charge is 2.47. The van der Waals surface area contributed by atoms with Gasteiger partial charge in [0.2, 0.25) is 0 Å². The quantitative estimate of drug-likeness (QED) is 0.235. The predicted molar refractivity (Wildman–Crippen MR) is 134 cm³/mol. The molecule has 8 nitrogen and oxygen atoms in total. The minimum absolute atomic E-state index is 0.0391. The van der Waals surface area contributed by atoms with Gasteiger partial charge in [0.15, 0.2) is 0 Å². The summed E-state index contributed by atoms with van der Waals surface area (Å²) in [5.41, 5.74) is 2.37. The molecule has 1 N–H and O–H groups in total. The van der Waals surface area contributed by atoms with Crippen molar-refractivity contribution in [2.24, 2.45) is 0 Å². The van der Waals surface area contributed by atoms with Crippen molar-refractivity contribution in [1.82, 2.24) is 4.98 Å². The fourth-order valence-electron chi connectivity index (χ4n) is 4.17. The summed E-state index contributed by atoms with van der Waals surface area (Å²) < 4.78 is 10.5. The summed E-state index contributed by atoms with van der Waals surface area (Å²) in [6.45, 7) is 5.29. The number of Topliss-reactive ketones (excluding diaryl/α,β-unsaturated/α-hetero) is 1. The molecule has 36 heavy (non-hydrogen) atoms. The maximum absolute atomic E-state index is 13.3. The lowest BCUT2D eigenvalue weighted by Crippen LogP contribution is -2.29. The van der Waals surface area contributed by atoms with E-state index in [0.717, 1.165) is 0 Å². The molecule has 4 rings (SSSR count). The number of pyridine rings is 1. The topological polar surface area (TPSA) is 106 Å². The number of carbonyl (C=O) groups is 3. The molecule has 0 bridgehead atoms. The van der Waals surface area contributed by atoms with Gasteiger partial charge >= 0.3 is 5.97 Å². The molecule has 3 aromatic rings. The standard InChI is InChI=1S/C28H26N2O6/c1-16(2)36-28(34)19-5-7-20(8-6-19)30-24(18-11-13-29-14-12-18)23(26(32)27(30)33)25(31)22-10-9-21(35-4)15-17(22)3/h5-16,24,31H,1-4H3/b25-23-. The average Bonchev–Trinajstić information content (AvgIpc) is 3.14. The third kappa shape index (κ3) is 4.57. The molecule has 1 saturated heterocycles. The molecule has 1 fully saturated rings. The summed E-state index contributed by atoms with van der Waals surface area (Å²) in [6.07, 6.45) is 2.83. The summed E-state index contributed by atoms with van der Waals surface area (Å²) in [4.78, 5) is 44.2. The van der Waals surface area contributed by atoms with Crippen molar-refractivity contribution >= 4 is 29.1 Å². The van der Waals surface area contributed by atoms with Crippen molar-refractivity contribution in [3.05, 3.63) is 94.8 Å². The number of benzene rings is 2. The van der Waals surface area contributed by atoms with Crippen molar-refractivity contribution in [3.8, 4) is 5.75 Å². The highest BCUT2D eigenvalue weighted by Crippen LogP contribution is 2.42. The van der Waals surface area contributed by atoms with Gasteiger partial charge in [-0.2, -0.15) is 0 Å². The van der Waals surface area contributed by atoms with Crippen LogP contribution in [0.4, 0.5) is 5.69 Å². The van der Waals surface area contributed by atoms with Gasteiger partial charge in [-0.15, -0.1) is 0 Å². The number of ketones is 1. The summed E-state index contributed by atoms with van der Waals surface area (Å²) in [5.74, 6) is -1.77. The van der Waals surface area contributed by atoms with E-state index in [9.17, 15) is 19.5 Å². The normalized spacial score (nSPS) is 16.9. The van der Waals surface area contributed by atoms with E-state index in [0.29, 0.717) is 33.7 Å². The zero-order valence-electron chi connectivity index (χ0n) is 20.4. The van der Waals surface area contributed by atoms with Gasteiger partial charge in [-0.1, -0.05) is 0 Å². The van der Waals surface area contributed by atoms with E-state index in [2.05, 4.69) is 4.98 Å². The monoisotopic (exact) mass is 486 g/mol. The van der Waals surface area contributed by atoms with Crippen LogP contribution in [0.25, 0.3) is 5.76 Å². The number of amides is 1. The molecule has 0 saturated carbocycles. The fourth-order valence-corrected chi connectivity index (χ4v) is 4.17. The number of aliphatic hydroxyl groups is 1. The number of hydrogen-bond acceptors (Lipinski definition) is 7. The lowest BCUT2D eigenvalue weighted by molar-refractivity contribution is -0.132. The van der Waals surface area contributed by atoms with Crippen molar-refractivity contribution in [2.45, 2.75) is 32.9 Å². The van der Waals surface area contributed by atoms with Crippen LogP contribution in [-0.4, -0.2) is 41.0 Å². The van der Waals surface area contributed by atoms with E-state index in [4.69, 9.17) is 9.47 Å². The van der Waals surface area contributed by atoms with E-state index in [-0.39, 0.29) is 17.4 Å². The van der Waals surface area contributed by atoms with Gasteiger partial charge in [0.25, 0.3) is 11.7 Å². The second kappa shape index (κ2) is 10.0. The summed E-state index contributed by atoms with van der Waals surface area (Å²) in [7, 11) is 1.54. The molecule has 0 spiro atoms. The van der Waals surface area contributed by atoms with Crippen LogP contribution < -0.4 is 9.64 Å². The maximum Gasteiger partial charge on any atom is 0.338 e. The zero-order valence-corrected chi connectivity index (χ0v) is 20.4. The first-order chi connectivity index (χ1) is 17.2. The predicted octanol–water partition coefficient (Wildman–Crippen LogP) is 4.59. The van der Waals surface area contributed by atoms with E-state index < -0.39 is 23.7 Å². The Morgan fingerprint density at radius 2 is 1.69 bits per heavy atom. The molecule has 1 aliphatic rings. The Bertz CT molecular complexity index is 1350. The van der Waals surface area contributed by atoms with E-state index in [1.165, 1.54) is 24.1 Å². The molecular weight excluding hydrogens is 460 g/mol. The second-order valence-corrected chi connectivity index (χ2v) is 8.63. The largest absolute Gasteiger partial charge is 0.507 e. The van der Waals surface area contributed by atoms with Crippen LogP contribution in [0, 0.1) is 6.92 Å². The Morgan fingerprint density at radius 1 is 1.03 bits per heavy atom. The van der Waals surface area contributed by atoms with Gasteiger partial charge in [0.05, 0.1) is 30.4 Å². The molecule has 1 atom stereocenters. The number of esters is 1. The summed E-state index contributed by atoms with van der Waals surface area (Å²) in [6, 6.07) is 13.8. The molecule has 2 heterocycles. The second-order valence-electron chi connectivity index (χ2n) is 8.63. The molecule has 8 heteroatoms. The number of rotatable bonds is 6. The molecule has 2 aromatic carbocycles. The van der Waals surface area contributed by atoms with Gasteiger partial charge in [0.1, 0.15) is 11.5 Å². The first kappa shape index (κ1) is 24.7. The Kier molecular flexibility index (Phi) is 6.87. The minimum atomic E-state index is -0.900. The maximum atomic E-state index is 13.3. The SMILES string of the molecule is COc1ccc(/C(O)=C2/C(=O)C(=O)N(c3ccc(C(=O)OC(C)C)cc3)C2c2ccncc2)c(C)c1. The molecular formula is C28H26N2O6. The first-order valence-electron chi connectivity index (χ1n) is 11.4. The Hall–Kier alpha value is -4.46. The number of aryl methyl sites for hydroxylation is 1. The van der Waals surface area contributed by atoms with Gasteiger partial charge in [0, 0.05) is 23.6 Å². The average molecular weight is 487 g/mol. The molecule has 1 aliphatic heterocycles. The molecule has 1 unspecified atom stereocenters.